The summed E-state index contributed by atoms with van der Waals surface area (Å²) in [7, 11) is 0. The van der Waals surface area contributed by atoms with E-state index in [2.05, 4.69) is 46.7 Å². The van der Waals surface area contributed by atoms with Crippen molar-refractivity contribution in [2.24, 2.45) is 5.41 Å². The van der Waals surface area contributed by atoms with Crippen LogP contribution in [0.4, 0.5) is 11.4 Å². The largest absolute Gasteiger partial charge is 0.381 e. The van der Waals surface area contributed by atoms with Gasteiger partial charge in [0.1, 0.15) is 0 Å². The van der Waals surface area contributed by atoms with Crippen molar-refractivity contribution < 1.29 is 4.74 Å². The van der Waals surface area contributed by atoms with E-state index >= 15 is 0 Å². The van der Waals surface area contributed by atoms with E-state index in [-0.39, 0.29) is 0 Å². The molecule has 2 atom stereocenters. The average molecular weight is 384 g/mol. The molecule has 4 saturated heterocycles. The Morgan fingerprint density at radius 1 is 1.00 bits per heavy atom. The molecule has 1 spiro atoms. The average Bonchev–Trinajstić information content (AvgIpc) is 3.43. The molecule has 28 heavy (non-hydrogen) atoms. The Balaban J connectivity index is 1.26. The van der Waals surface area contributed by atoms with E-state index in [9.17, 15) is 0 Å². The van der Waals surface area contributed by atoms with Crippen molar-refractivity contribution >= 4 is 11.4 Å². The summed E-state index contributed by atoms with van der Waals surface area (Å²) in [5.41, 5.74) is 4.84. The van der Waals surface area contributed by atoms with Crippen LogP contribution in [-0.2, 0) is 4.74 Å². The second kappa shape index (κ2) is 7.53. The lowest BCUT2D eigenvalue weighted by Gasteiger charge is -2.34. The highest BCUT2D eigenvalue weighted by Gasteiger charge is 2.40. The van der Waals surface area contributed by atoms with Crippen LogP contribution in [0.5, 0.6) is 0 Å². The van der Waals surface area contributed by atoms with E-state index in [0.29, 0.717) is 5.41 Å². The maximum Gasteiger partial charge on any atom is 0.0472 e. The van der Waals surface area contributed by atoms with Crippen molar-refractivity contribution in [2.75, 3.05) is 55.7 Å². The molecule has 154 valence electrons. The Kier molecular flexibility index (Phi) is 5.04. The third kappa shape index (κ3) is 3.43. The lowest BCUT2D eigenvalue weighted by Crippen LogP contribution is -2.39. The second-order valence-corrected chi connectivity index (χ2v) is 9.87. The van der Waals surface area contributed by atoms with Gasteiger partial charge >= 0.3 is 0 Å². The summed E-state index contributed by atoms with van der Waals surface area (Å²) < 4.78 is 5.62. The van der Waals surface area contributed by atoms with Gasteiger partial charge in [-0.2, -0.15) is 0 Å². The van der Waals surface area contributed by atoms with E-state index in [1.54, 1.807) is 0 Å². The van der Waals surface area contributed by atoms with Crippen molar-refractivity contribution in [2.45, 2.75) is 64.5 Å². The number of hydrogen-bond donors (Lipinski definition) is 0. The molecule has 1 aromatic rings. The molecule has 4 heterocycles. The van der Waals surface area contributed by atoms with Crippen LogP contribution >= 0.6 is 0 Å². The molecular weight excluding hydrogens is 346 g/mol. The van der Waals surface area contributed by atoms with Crippen molar-refractivity contribution in [3.05, 3.63) is 23.8 Å². The molecule has 0 unspecified atom stereocenters. The first-order valence-corrected chi connectivity index (χ1v) is 11.6. The molecule has 5 rings (SSSR count). The third-order valence-electron chi connectivity index (χ3n) is 8.11. The zero-order chi connectivity index (χ0) is 19.1. The van der Waals surface area contributed by atoms with E-state index in [1.165, 1.54) is 88.2 Å². The zero-order valence-electron chi connectivity index (χ0n) is 17.8. The van der Waals surface area contributed by atoms with Gasteiger partial charge in [-0.3, -0.25) is 4.90 Å². The van der Waals surface area contributed by atoms with Gasteiger partial charge in [-0.25, -0.2) is 0 Å². The standard InChI is InChI=1S/C24H37N3O/c1-19-16-21(25-12-7-22(17-25)27-11-3-4-20(27)2)5-6-23(19)26-13-8-24(18-26)9-14-28-15-10-24/h5-6,16,20,22H,3-4,7-15,17-18H2,1-2H3/t20-,22-/m1/s1. The van der Waals surface area contributed by atoms with Crippen LogP contribution in [0.2, 0.25) is 0 Å². The molecule has 0 radical (unpaired) electrons. The minimum absolute atomic E-state index is 0.512. The molecule has 4 fully saturated rings. The smallest absolute Gasteiger partial charge is 0.0472 e. The van der Waals surface area contributed by atoms with E-state index < -0.39 is 0 Å². The summed E-state index contributed by atoms with van der Waals surface area (Å²) in [5, 5.41) is 0. The molecule has 4 heteroatoms. The fourth-order valence-electron chi connectivity index (χ4n) is 6.29. The molecule has 0 aliphatic carbocycles. The summed E-state index contributed by atoms with van der Waals surface area (Å²) in [6.07, 6.45) is 7.90. The fraction of sp³-hybridized carbons (Fsp3) is 0.750. The van der Waals surface area contributed by atoms with Crippen LogP contribution in [0.15, 0.2) is 18.2 Å². The lowest BCUT2D eigenvalue weighted by atomic mass is 9.80. The molecule has 0 amide bonds. The van der Waals surface area contributed by atoms with Crippen molar-refractivity contribution in [1.82, 2.24) is 4.90 Å². The number of likely N-dealkylation sites (tertiary alicyclic amines) is 1. The summed E-state index contributed by atoms with van der Waals surface area (Å²) >= 11 is 0. The van der Waals surface area contributed by atoms with Gasteiger partial charge in [-0.1, -0.05) is 0 Å². The molecule has 4 nitrogen and oxygen atoms in total. The van der Waals surface area contributed by atoms with Crippen LogP contribution in [0, 0.1) is 12.3 Å². The molecule has 1 aromatic carbocycles. The predicted molar refractivity (Wildman–Crippen MR) is 117 cm³/mol. The molecule has 4 aliphatic heterocycles. The topological polar surface area (TPSA) is 19.0 Å². The quantitative estimate of drug-likeness (QED) is 0.783. The van der Waals surface area contributed by atoms with Crippen molar-refractivity contribution in [3.63, 3.8) is 0 Å². The van der Waals surface area contributed by atoms with Gasteiger partial charge in [-0.15, -0.1) is 0 Å². The summed E-state index contributed by atoms with van der Waals surface area (Å²) in [6.45, 7) is 12.8. The van der Waals surface area contributed by atoms with Gasteiger partial charge < -0.3 is 14.5 Å². The van der Waals surface area contributed by atoms with Crippen molar-refractivity contribution in [3.8, 4) is 0 Å². The van der Waals surface area contributed by atoms with Crippen LogP contribution in [0.25, 0.3) is 0 Å². The number of nitrogens with zero attached hydrogens (tertiary/aromatic N) is 3. The zero-order valence-corrected chi connectivity index (χ0v) is 17.8. The van der Waals surface area contributed by atoms with Gasteiger partial charge in [0.2, 0.25) is 0 Å². The maximum atomic E-state index is 5.62. The minimum atomic E-state index is 0.512. The van der Waals surface area contributed by atoms with E-state index in [4.69, 9.17) is 4.74 Å². The fourth-order valence-corrected chi connectivity index (χ4v) is 6.29. The normalized spacial score (nSPS) is 30.6. The Morgan fingerprint density at radius 2 is 1.86 bits per heavy atom. The van der Waals surface area contributed by atoms with Gasteiger partial charge in [0.05, 0.1) is 0 Å². The summed E-state index contributed by atoms with van der Waals surface area (Å²) in [4.78, 5) is 8.03. The highest BCUT2D eigenvalue weighted by molar-refractivity contribution is 5.62. The molecule has 0 N–H and O–H groups in total. The summed E-state index contributed by atoms with van der Waals surface area (Å²) in [6, 6.07) is 8.76. The highest BCUT2D eigenvalue weighted by Crippen LogP contribution is 2.42. The van der Waals surface area contributed by atoms with Crippen LogP contribution in [0.1, 0.15) is 51.0 Å². The van der Waals surface area contributed by atoms with Crippen LogP contribution < -0.4 is 9.80 Å². The first-order chi connectivity index (χ1) is 13.6. The lowest BCUT2D eigenvalue weighted by molar-refractivity contribution is 0.0254. The molecular formula is C24H37N3O. The molecule has 0 aromatic heterocycles. The molecule has 0 saturated carbocycles. The first kappa shape index (κ1) is 18.7. The molecule has 4 aliphatic rings. The number of hydrogen-bond acceptors (Lipinski definition) is 4. The minimum Gasteiger partial charge on any atom is -0.381 e. The van der Waals surface area contributed by atoms with Crippen LogP contribution in [-0.4, -0.2) is 62.9 Å². The van der Waals surface area contributed by atoms with Crippen LogP contribution in [0.3, 0.4) is 0 Å². The van der Waals surface area contributed by atoms with Gasteiger partial charge in [0.15, 0.2) is 0 Å². The Morgan fingerprint density at radius 3 is 2.61 bits per heavy atom. The third-order valence-corrected chi connectivity index (χ3v) is 8.11. The first-order valence-electron chi connectivity index (χ1n) is 11.6. The second-order valence-electron chi connectivity index (χ2n) is 9.87. The molecule has 0 bridgehead atoms. The number of rotatable bonds is 3. The number of ether oxygens (including phenoxy) is 1. The SMILES string of the molecule is Cc1cc(N2CC[C@@H](N3CCC[C@H]3C)C2)ccc1N1CCC2(CCOCC2)C1. The highest BCUT2D eigenvalue weighted by atomic mass is 16.5. The summed E-state index contributed by atoms with van der Waals surface area (Å²) in [5.74, 6) is 0. The Labute approximate surface area is 170 Å². The Bertz CT molecular complexity index is 699. The predicted octanol–water partition coefficient (Wildman–Crippen LogP) is 4.06. The maximum absolute atomic E-state index is 5.62. The van der Waals surface area contributed by atoms with Gasteiger partial charge in [-0.05, 0) is 88.1 Å². The monoisotopic (exact) mass is 383 g/mol. The number of anilines is 2. The van der Waals surface area contributed by atoms with E-state index in [0.717, 1.165) is 25.3 Å². The number of benzene rings is 1. The number of aryl methyl sites for hydroxylation is 1. The van der Waals surface area contributed by atoms with Gasteiger partial charge in [0.25, 0.3) is 0 Å². The van der Waals surface area contributed by atoms with Gasteiger partial charge in [0, 0.05) is 62.9 Å². The van der Waals surface area contributed by atoms with E-state index in [1.807, 2.05) is 0 Å². The Hall–Kier alpha value is -1.26. The van der Waals surface area contributed by atoms with Crippen molar-refractivity contribution in [1.29, 1.82) is 0 Å².